The van der Waals surface area contributed by atoms with Crippen molar-refractivity contribution in [1.29, 1.82) is 0 Å². The molecule has 1 aromatic heterocycles. The fraction of sp³-hybridized carbons (Fsp3) is 0.667. The predicted molar refractivity (Wildman–Crippen MR) is 59.2 cm³/mol. The van der Waals surface area contributed by atoms with Gasteiger partial charge in [-0.15, -0.1) is 10.2 Å². The van der Waals surface area contributed by atoms with E-state index >= 15 is 0 Å². The van der Waals surface area contributed by atoms with Crippen LogP contribution in [0.4, 0.5) is 0 Å². The van der Waals surface area contributed by atoms with Gasteiger partial charge in [0.1, 0.15) is 6.61 Å². The molecule has 1 rings (SSSR count). The molecule has 16 heavy (non-hydrogen) atoms. The van der Waals surface area contributed by atoms with Crippen LogP contribution in [0.3, 0.4) is 0 Å². The van der Waals surface area contributed by atoms with Crippen molar-refractivity contribution < 1.29 is 15.0 Å². The van der Waals surface area contributed by atoms with Crippen molar-refractivity contribution in [1.82, 2.24) is 14.8 Å². The molecule has 1 heterocycles. The molecule has 0 radical (unpaired) electrons. The normalized spacial score (nSPS) is 10.6. The average molecular weight is 245 g/mol. The van der Waals surface area contributed by atoms with Gasteiger partial charge in [-0.2, -0.15) is 0 Å². The Hall–Kier alpha value is -1.08. The molecule has 0 unspecified atom stereocenters. The van der Waals surface area contributed by atoms with Gasteiger partial charge in [-0.25, -0.2) is 0 Å². The Morgan fingerprint density at radius 2 is 2.25 bits per heavy atom. The molecular formula is C9H15N3O3S. The number of nitrogens with zero attached hydrogens (tertiary/aromatic N) is 3. The van der Waals surface area contributed by atoms with E-state index in [1.54, 1.807) is 4.57 Å². The Bertz CT molecular complexity index is 354. The van der Waals surface area contributed by atoms with Gasteiger partial charge in [-0.1, -0.05) is 25.1 Å². The minimum absolute atomic E-state index is 0.0459. The molecule has 0 aliphatic heterocycles. The smallest absolute Gasteiger partial charge is 0.313 e. The SMILES string of the molecule is CCCCn1c(CO)nnc1SCC(=O)O. The van der Waals surface area contributed by atoms with Gasteiger partial charge in [0.05, 0.1) is 5.75 Å². The van der Waals surface area contributed by atoms with Gasteiger partial charge in [0, 0.05) is 6.54 Å². The zero-order valence-corrected chi connectivity index (χ0v) is 9.90. The number of unbranched alkanes of at least 4 members (excludes halogenated alkanes) is 1. The number of carbonyl (C=O) groups is 1. The summed E-state index contributed by atoms with van der Waals surface area (Å²) in [6.07, 6.45) is 1.97. The highest BCUT2D eigenvalue weighted by atomic mass is 32.2. The van der Waals surface area contributed by atoms with Gasteiger partial charge in [0.25, 0.3) is 0 Å². The number of rotatable bonds is 7. The lowest BCUT2D eigenvalue weighted by Crippen LogP contribution is -2.07. The van der Waals surface area contributed by atoms with Crippen molar-refractivity contribution in [3.8, 4) is 0 Å². The molecule has 0 aliphatic carbocycles. The van der Waals surface area contributed by atoms with Gasteiger partial charge in [0.15, 0.2) is 11.0 Å². The van der Waals surface area contributed by atoms with E-state index in [1.807, 2.05) is 0 Å². The van der Waals surface area contributed by atoms with Crippen LogP contribution in [0.25, 0.3) is 0 Å². The minimum atomic E-state index is -0.888. The lowest BCUT2D eigenvalue weighted by atomic mass is 10.3. The molecule has 0 atom stereocenters. The highest BCUT2D eigenvalue weighted by Gasteiger charge is 2.12. The summed E-state index contributed by atoms with van der Waals surface area (Å²) in [7, 11) is 0. The van der Waals surface area contributed by atoms with Crippen LogP contribution >= 0.6 is 11.8 Å². The van der Waals surface area contributed by atoms with E-state index in [2.05, 4.69) is 17.1 Å². The number of carboxylic acid groups (broad SMARTS) is 1. The molecule has 0 saturated heterocycles. The quantitative estimate of drug-likeness (QED) is 0.689. The van der Waals surface area contributed by atoms with E-state index in [0.717, 1.165) is 24.6 Å². The molecule has 0 amide bonds. The summed E-state index contributed by atoms with van der Waals surface area (Å²) in [5, 5.41) is 25.9. The lowest BCUT2D eigenvalue weighted by molar-refractivity contribution is -0.133. The minimum Gasteiger partial charge on any atom is -0.481 e. The summed E-state index contributed by atoms with van der Waals surface area (Å²) in [5.74, 6) is -0.447. The number of aliphatic carboxylic acids is 1. The third-order valence-electron chi connectivity index (χ3n) is 1.99. The Morgan fingerprint density at radius 3 is 2.81 bits per heavy atom. The number of aliphatic hydroxyl groups excluding tert-OH is 1. The van der Waals surface area contributed by atoms with Crippen molar-refractivity contribution >= 4 is 17.7 Å². The summed E-state index contributed by atoms with van der Waals surface area (Å²) < 4.78 is 1.77. The number of aromatic nitrogens is 3. The number of hydrogen-bond acceptors (Lipinski definition) is 5. The highest BCUT2D eigenvalue weighted by Crippen LogP contribution is 2.17. The van der Waals surface area contributed by atoms with Crippen LogP contribution in [0.15, 0.2) is 5.16 Å². The van der Waals surface area contributed by atoms with Gasteiger partial charge >= 0.3 is 5.97 Å². The standard InChI is InChI=1S/C9H15N3O3S/c1-2-3-4-12-7(5-13)10-11-9(12)16-6-8(14)15/h13H,2-6H2,1H3,(H,14,15). The molecule has 0 fully saturated rings. The second kappa shape index (κ2) is 6.49. The second-order valence-electron chi connectivity index (χ2n) is 3.24. The second-order valence-corrected chi connectivity index (χ2v) is 4.19. The molecule has 0 aliphatic rings. The highest BCUT2D eigenvalue weighted by molar-refractivity contribution is 7.99. The van der Waals surface area contributed by atoms with Crippen LogP contribution in [0.2, 0.25) is 0 Å². The number of thioether (sulfide) groups is 1. The van der Waals surface area contributed by atoms with Crippen LogP contribution in [0.5, 0.6) is 0 Å². The number of hydrogen-bond donors (Lipinski definition) is 2. The molecular weight excluding hydrogens is 230 g/mol. The average Bonchev–Trinajstić information content (AvgIpc) is 2.65. The molecule has 2 N–H and O–H groups in total. The van der Waals surface area contributed by atoms with Gasteiger partial charge < -0.3 is 14.8 Å². The Balaban J connectivity index is 2.73. The molecule has 0 bridgehead atoms. The van der Waals surface area contributed by atoms with E-state index in [0.29, 0.717) is 17.5 Å². The number of aliphatic hydroxyl groups is 1. The maximum atomic E-state index is 10.4. The zero-order chi connectivity index (χ0) is 12.0. The Kier molecular flexibility index (Phi) is 5.27. The fourth-order valence-corrected chi connectivity index (χ4v) is 1.91. The van der Waals surface area contributed by atoms with E-state index < -0.39 is 5.97 Å². The van der Waals surface area contributed by atoms with Gasteiger partial charge in [0.2, 0.25) is 0 Å². The number of carboxylic acids is 1. The van der Waals surface area contributed by atoms with Crippen molar-refractivity contribution in [2.24, 2.45) is 0 Å². The summed E-state index contributed by atoms with van der Waals surface area (Å²) >= 11 is 1.12. The third kappa shape index (κ3) is 3.49. The molecule has 0 spiro atoms. The monoisotopic (exact) mass is 245 g/mol. The fourth-order valence-electron chi connectivity index (χ4n) is 1.21. The van der Waals surface area contributed by atoms with Crippen molar-refractivity contribution in [3.05, 3.63) is 5.82 Å². The molecule has 0 aromatic carbocycles. The lowest BCUT2D eigenvalue weighted by Gasteiger charge is -2.06. The van der Waals surface area contributed by atoms with Gasteiger partial charge in [-0.05, 0) is 6.42 Å². The molecule has 1 aromatic rings. The summed E-state index contributed by atoms with van der Waals surface area (Å²) in [5.41, 5.74) is 0. The first-order chi connectivity index (χ1) is 7.69. The van der Waals surface area contributed by atoms with Gasteiger partial charge in [-0.3, -0.25) is 4.79 Å². The van der Waals surface area contributed by atoms with Crippen LogP contribution in [-0.2, 0) is 17.9 Å². The van der Waals surface area contributed by atoms with E-state index in [-0.39, 0.29) is 12.4 Å². The summed E-state index contributed by atoms with van der Waals surface area (Å²) in [4.78, 5) is 10.4. The maximum Gasteiger partial charge on any atom is 0.313 e. The molecule has 6 nitrogen and oxygen atoms in total. The van der Waals surface area contributed by atoms with Crippen LogP contribution < -0.4 is 0 Å². The third-order valence-corrected chi connectivity index (χ3v) is 2.95. The van der Waals surface area contributed by atoms with Crippen LogP contribution in [0.1, 0.15) is 25.6 Å². The van der Waals surface area contributed by atoms with Crippen molar-refractivity contribution in [2.45, 2.75) is 38.1 Å². The Labute approximate surface area is 97.7 Å². The first-order valence-corrected chi connectivity index (χ1v) is 6.05. The molecule has 7 heteroatoms. The molecule has 90 valence electrons. The van der Waals surface area contributed by atoms with Crippen molar-refractivity contribution in [2.75, 3.05) is 5.75 Å². The van der Waals surface area contributed by atoms with Crippen LogP contribution in [-0.4, -0.2) is 36.7 Å². The van der Waals surface area contributed by atoms with Crippen LogP contribution in [0, 0.1) is 0 Å². The van der Waals surface area contributed by atoms with E-state index in [4.69, 9.17) is 10.2 Å². The first kappa shape index (κ1) is 13.0. The summed E-state index contributed by atoms with van der Waals surface area (Å²) in [6, 6.07) is 0. The van der Waals surface area contributed by atoms with Crippen molar-refractivity contribution in [3.63, 3.8) is 0 Å². The molecule has 0 saturated carbocycles. The maximum absolute atomic E-state index is 10.4. The zero-order valence-electron chi connectivity index (χ0n) is 9.09. The van der Waals surface area contributed by atoms with E-state index in [1.165, 1.54) is 0 Å². The van der Waals surface area contributed by atoms with E-state index in [9.17, 15) is 4.79 Å². The Morgan fingerprint density at radius 1 is 1.50 bits per heavy atom. The predicted octanol–water partition coefficient (Wildman–Crippen LogP) is 0.747. The largest absolute Gasteiger partial charge is 0.481 e. The first-order valence-electron chi connectivity index (χ1n) is 5.06. The topological polar surface area (TPSA) is 88.2 Å². The summed E-state index contributed by atoms with van der Waals surface area (Å²) in [6.45, 7) is 2.60.